The van der Waals surface area contributed by atoms with Crippen LogP contribution >= 0.6 is 0 Å². The van der Waals surface area contributed by atoms with E-state index in [1.807, 2.05) is 37.9 Å². The average molecular weight is 359 g/mol. The lowest BCUT2D eigenvalue weighted by atomic mass is 9.83. The minimum Gasteiger partial charge on any atom is -0.480 e. The topological polar surface area (TPSA) is 82.5 Å². The van der Waals surface area contributed by atoms with Crippen LogP contribution in [0.3, 0.4) is 0 Å². The van der Waals surface area contributed by atoms with E-state index in [-0.39, 0.29) is 29.8 Å². The fraction of sp³-hybridized carbons (Fsp3) is 0.650. The Balaban J connectivity index is 1.96. The molecule has 1 aromatic heterocycles. The van der Waals surface area contributed by atoms with Crippen molar-refractivity contribution >= 4 is 11.9 Å². The van der Waals surface area contributed by atoms with Gasteiger partial charge in [-0.15, -0.1) is 0 Å². The van der Waals surface area contributed by atoms with E-state index in [0.29, 0.717) is 12.8 Å². The molecule has 2 heterocycles. The number of nitrogens with one attached hydrogen (secondary N) is 1. The zero-order valence-electron chi connectivity index (χ0n) is 15.8. The molecule has 26 heavy (non-hydrogen) atoms. The average Bonchev–Trinajstić information content (AvgIpc) is 2.85. The molecule has 6 heteroatoms. The van der Waals surface area contributed by atoms with Crippen LogP contribution in [0, 0.1) is 11.8 Å². The molecule has 0 unspecified atom stereocenters. The van der Waals surface area contributed by atoms with Gasteiger partial charge in [0.25, 0.3) is 0 Å². The van der Waals surface area contributed by atoms with Crippen molar-refractivity contribution in [2.24, 2.45) is 11.8 Å². The van der Waals surface area contributed by atoms with E-state index >= 15 is 0 Å². The van der Waals surface area contributed by atoms with Gasteiger partial charge in [-0.3, -0.25) is 19.5 Å². The van der Waals surface area contributed by atoms with Crippen molar-refractivity contribution in [1.82, 2.24) is 15.2 Å². The van der Waals surface area contributed by atoms with Gasteiger partial charge in [0.15, 0.2) is 0 Å². The van der Waals surface area contributed by atoms with Gasteiger partial charge >= 0.3 is 5.97 Å². The number of amides is 1. The van der Waals surface area contributed by atoms with Crippen LogP contribution in [0.25, 0.3) is 0 Å². The number of pyridine rings is 1. The maximum atomic E-state index is 13.0. The molecule has 142 valence electrons. The monoisotopic (exact) mass is 359 g/mol. The molecule has 2 fully saturated rings. The number of carboxylic acids is 1. The smallest absolute Gasteiger partial charge is 0.324 e. The van der Waals surface area contributed by atoms with Crippen LogP contribution in [0.2, 0.25) is 0 Å². The number of carboxylic acid groups (broad SMARTS) is 1. The SMILES string of the molecule is CC(C)C[C@@]1(C(=O)O)C[C@H](C(=O)NC2CCC2)[C@H](c2cccnc2)N1C. The Bertz CT molecular complexity index is 660. The van der Waals surface area contributed by atoms with E-state index in [9.17, 15) is 14.7 Å². The Hall–Kier alpha value is -1.95. The minimum absolute atomic E-state index is 0.0257. The second-order valence-electron chi connectivity index (χ2n) is 8.22. The number of aromatic nitrogens is 1. The summed E-state index contributed by atoms with van der Waals surface area (Å²) in [4.78, 5) is 31.4. The third kappa shape index (κ3) is 3.34. The minimum atomic E-state index is -1.03. The van der Waals surface area contributed by atoms with Crippen molar-refractivity contribution in [2.45, 2.75) is 63.6 Å². The van der Waals surface area contributed by atoms with Gasteiger partial charge < -0.3 is 10.4 Å². The third-order valence-electron chi connectivity index (χ3n) is 5.99. The summed E-state index contributed by atoms with van der Waals surface area (Å²) < 4.78 is 0. The molecule has 1 saturated heterocycles. The number of likely N-dealkylation sites (tertiary alicyclic amines) is 1. The molecule has 1 aliphatic heterocycles. The van der Waals surface area contributed by atoms with Gasteiger partial charge in [0.05, 0.1) is 5.92 Å². The van der Waals surface area contributed by atoms with E-state index in [1.54, 1.807) is 12.4 Å². The molecule has 1 aliphatic carbocycles. The molecular formula is C20H29N3O3. The summed E-state index contributed by atoms with van der Waals surface area (Å²) in [5.41, 5.74) is -0.133. The molecule has 0 aromatic carbocycles. The fourth-order valence-corrected chi connectivity index (χ4v) is 4.49. The molecule has 2 aliphatic rings. The summed E-state index contributed by atoms with van der Waals surface area (Å²) in [7, 11) is 1.84. The van der Waals surface area contributed by atoms with Crippen LogP contribution in [0.4, 0.5) is 0 Å². The summed E-state index contributed by atoms with van der Waals surface area (Å²) in [6.45, 7) is 4.05. The highest BCUT2D eigenvalue weighted by Crippen LogP contribution is 2.48. The molecule has 3 rings (SSSR count). The van der Waals surface area contributed by atoms with Crippen LogP contribution in [0.15, 0.2) is 24.5 Å². The molecule has 0 bridgehead atoms. The number of rotatable bonds is 6. The molecular weight excluding hydrogens is 330 g/mol. The Morgan fingerprint density at radius 3 is 2.65 bits per heavy atom. The van der Waals surface area contributed by atoms with Crippen molar-refractivity contribution in [2.75, 3.05) is 7.05 Å². The first-order chi connectivity index (χ1) is 12.3. The molecule has 0 radical (unpaired) electrons. The number of carbonyl (C=O) groups is 2. The van der Waals surface area contributed by atoms with E-state index in [4.69, 9.17) is 0 Å². The summed E-state index contributed by atoms with van der Waals surface area (Å²) in [6.07, 6.45) is 7.47. The van der Waals surface area contributed by atoms with E-state index in [0.717, 1.165) is 24.8 Å². The summed E-state index contributed by atoms with van der Waals surface area (Å²) >= 11 is 0. The highest BCUT2D eigenvalue weighted by Gasteiger charge is 2.57. The van der Waals surface area contributed by atoms with Crippen LogP contribution in [-0.4, -0.2) is 45.5 Å². The Morgan fingerprint density at radius 2 is 2.15 bits per heavy atom. The zero-order chi connectivity index (χ0) is 18.9. The fourth-order valence-electron chi connectivity index (χ4n) is 4.49. The molecule has 2 N–H and O–H groups in total. The van der Waals surface area contributed by atoms with Crippen LogP contribution in [-0.2, 0) is 9.59 Å². The summed E-state index contributed by atoms with van der Waals surface area (Å²) in [5, 5.41) is 13.2. The molecule has 1 saturated carbocycles. The maximum Gasteiger partial charge on any atom is 0.324 e. The van der Waals surface area contributed by atoms with Crippen molar-refractivity contribution in [1.29, 1.82) is 0 Å². The van der Waals surface area contributed by atoms with Gasteiger partial charge in [-0.05, 0) is 56.7 Å². The Kier molecular flexibility index (Phi) is 5.32. The van der Waals surface area contributed by atoms with Gasteiger partial charge in [0, 0.05) is 24.5 Å². The lowest BCUT2D eigenvalue weighted by Gasteiger charge is -2.36. The molecule has 0 spiro atoms. The Labute approximate surface area is 155 Å². The normalized spacial score (nSPS) is 29.5. The second kappa shape index (κ2) is 7.35. The number of carbonyl (C=O) groups excluding carboxylic acids is 1. The first-order valence-corrected chi connectivity index (χ1v) is 9.52. The largest absolute Gasteiger partial charge is 0.480 e. The number of nitrogens with zero attached hydrogens (tertiary/aromatic N) is 2. The summed E-state index contributed by atoms with van der Waals surface area (Å²) in [5.74, 6) is -1.04. The zero-order valence-corrected chi connectivity index (χ0v) is 15.8. The number of hydrogen-bond acceptors (Lipinski definition) is 4. The van der Waals surface area contributed by atoms with Crippen LogP contribution in [0.5, 0.6) is 0 Å². The number of hydrogen-bond donors (Lipinski definition) is 2. The van der Waals surface area contributed by atoms with Gasteiger partial charge in [0.1, 0.15) is 5.54 Å². The lowest BCUT2D eigenvalue weighted by Crippen LogP contribution is -2.50. The third-order valence-corrected chi connectivity index (χ3v) is 5.99. The predicted octanol–water partition coefficient (Wildman–Crippen LogP) is 2.61. The van der Waals surface area contributed by atoms with Crippen molar-refractivity contribution < 1.29 is 14.7 Å². The highest BCUT2D eigenvalue weighted by molar-refractivity contribution is 5.85. The standard InChI is InChI=1S/C20H29N3O3/c1-13(2)10-20(19(25)26)11-16(18(24)22-15-7-4-8-15)17(23(20)3)14-6-5-9-21-12-14/h5-6,9,12-13,15-17H,4,7-8,10-11H2,1-3H3,(H,22,24)(H,25,26)/t16-,17-,20-/m0/s1. The highest BCUT2D eigenvalue weighted by atomic mass is 16.4. The van der Waals surface area contributed by atoms with Crippen LogP contribution < -0.4 is 5.32 Å². The number of likely N-dealkylation sites (N-methyl/N-ethyl adjacent to an activating group) is 1. The summed E-state index contributed by atoms with van der Waals surface area (Å²) in [6, 6.07) is 3.74. The van der Waals surface area contributed by atoms with E-state index < -0.39 is 11.5 Å². The second-order valence-corrected chi connectivity index (χ2v) is 8.22. The van der Waals surface area contributed by atoms with Gasteiger partial charge in [-0.25, -0.2) is 0 Å². The molecule has 1 aromatic rings. The van der Waals surface area contributed by atoms with Crippen molar-refractivity contribution in [3.05, 3.63) is 30.1 Å². The first kappa shape index (κ1) is 18.8. The molecule has 1 amide bonds. The van der Waals surface area contributed by atoms with E-state index in [2.05, 4.69) is 10.3 Å². The quantitative estimate of drug-likeness (QED) is 0.816. The van der Waals surface area contributed by atoms with Gasteiger partial charge in [0.2, 0.25) is 5.91 Å². The first-order valence-electron chi connectivity index (χ1n) is 9.52. The van der Waals surface area contributed by atoms with Crippen molar-refractivity contribution in [3.8, 4) is 0 Å². The maximum absolute atomic E-state index is 13.0. The van der Waals surface area contributed by atoms with Gasteiger partial charge in [-0.1, -0.05) is 19.9 Å². The molecule has 6 nitrogen and oxygen atoms in total. The van der Waals surface area contributed by atoms with E-state index in [1.165, 1.54) is 0 Å². The van der Waals surface area contributed by atoms with Gasteiger partial charge in [-0.2, -0.15) is 0 Å². The van der Waals surface area contributed by atoms with Crippen LogP contribution in [0.1, 0.15) is 57.6 Å². The molecule has 3 atom stereocenters. The Morgan fingerprint density at radius 1 is 1.42 bits per heavy atom. The predicted molar refractivity (Wildman–Crippen MR) is 98.5 cm³/mol. The lowest BCUT2D eigenvalue weighted by molar-refractivity contribution is -0.151. The van der Waals surface area contributed by atoms with Crippen molar-refractivity contribution in [3.63, 3.8) is 0 Å². The number of aliphatic carboxylic acids is 1.